The molecule has 20 aromatic carbocycles. The number of para-hydroxylation sites is 1. The molecule has 0 saturated carbocycles. The molecule has 0 radical (unpaired) electrons. The van der Waals surface area contributed by atoms with E-state index in [9.17, 15) is 0 Å². The first kappa shape index (κ1) is 79.1. The van der Waals surface area contributed by atoms with Crippen molar-refractivity contribution < 1.29 is 0 Å². The largest absolute Gasteiger partial charge is 0.344 e. The van der Waals surface area contributed by atoms with Crippen molar-refractivity contribution in [2.24, 2.45) is 7.05 Å². The monoisotopic (exact) mass is 1680 g/mol. The fourth-order valence-corrected chi connectivity index (χ4v) is 27.7. The van der Waals surface area contributed by atoms with Gasteiger partial charge in [0, 0.05) is 50.5 Å². The Labute approximate surface area is 764 Å². The van der Waals surface area contributed by atoms with E-state index in [2.05, 4.69) is 471 Å². The van der Waals surface area contributed by atoms with Gasteiger partial charge in [-0.2, -0.15) is 0 Å². The fourth-order valence-electron chi connectivity index (χ4n) is 24.6. The van der Waals surface area contributed by atoms with Crippen LogP contribution < -0.4 is 10.4 Å². The summed E-state index contributed by atoms with van der Waals surface area (Å²) in [5, 5.41) is 21.5. The number of nitrogens with zero attached hydrogens (tertiary/aromatic N) is 1. The third-order valence-corrected chi connectivity index (χ3v) is 34.7. The molecule has 2 heterocycles. The summed E-state index contributed by atoms with van der Waals surface area (Å²) in [7, 11) is 0.452. The second-order valence-electron chi connectivity index (χ2n) is 40.3. The van der Waals surface area contributed by atoms with E-state index in [1.807, 2.05) is 0 Å². The van der Waals surface area contributed by atoms with Gasteiger partial charge in [-0.25, -0.2) is 0 Å². The van der Waals surface area contributed by atoms with Crippen molar-refractivity contribution in [1.29, 1.82) is 0 Å². The zero-order chi connectivity index (χ0) is 88.5. The molecule has 0 bridgehead atoms. The lowest BCUT2D eigenvalue weighted by Crippen LogP contribution is -2.49. The van der Waals surface area contributed by atoms with Crippen molar-refractivity contribution >= 4 is 117 Å². The van der Waals surface area contributed by atoms with Crippen LogP contribution in [-0.2, 0) is 28.7 Å². The topological polar surface area (TPSA) is 4.93 Å². The SMILES string of the molecule is Cc1ccc2c(-c3ccc4c(c3)-c3ccccc3[Si]4(C)C)c3ccccc3c(-c3ccc4c(c3)-c3ccccc3C4(C)C)c2c1.Cc1ccc2c(-c3ccc4c(c3)c3ccccc3n4C)c3ccccc3c(-c3ccc4c(c3)-c3ccccc3C4(C)C)c2c1.Cc1ccc2c(C3=Cc4ccccc4C3(C)C)c3ccccc3c(-c3ccc4c(c3)-c3ccccc3C4(C)C)c2c1. The van der Waals surface area contributed by atoms with Gasteiger partial charge in [-0.3, -0.25) is 0 Å². The number of hydrogen-bond acceptors (Lipinski definition) is 0. The first-order valence-electron chi connectivity index (χ1n) is 46.6. The number of hydrogen-bond donors (Lipinski definition) is 0. The summed E-state index contributed by atoms with van der Waals surface area (Å²) in [6.07, 6.45) is 2.44. The van der Waals surface area contributed by atoms with Crippen molar-refractivity contribution in [3.63, 3.8) is 0 Å². The minimum absolute atomic E-state index is 0.00134. The smallest absolute Gasteiger partial charge is 0.113 e. The highest BCUT2D eigenvalue weighted by atomic mass is 28.3. The van der Waals surface area contributed by atoms with Crippen LogP contribution in [0.5, 0.6) is 0 Å². The molecule has 1 aliphatic heterocycles. The molecule has 0 saturated heterocycles. The van der Waals surface area contributed by atoms with E-state index in [4.69, 9.17) is 0 Å². The van der Waals surface area contributed by atoms with E-state index in [0.717, 1.165) is 0 Å². The third-order valence-electron chi connectivity index (χ3n) is 31.1. The number of rotatable bonds is 6. The second kappa shape index (κ2) is 28.9. The number of benzene rings is 20. The first-order chi connectivity index (χ1) is 62.9. The van der Waals surface area contributed by atoms with Gasteiger partial charge in [0.25, 0.3) is 0 Å². The number of fused-ring (bicyclic) bond motifs is 22. The standard InChI is InChI=1S/C44H36Si.C43H33N.C41H34/c1-27-18-21-34-37(24-27)43(28-19-22-39-35(25-28)30-12-8-10-16-38(30)44(39,2)3)33-15-7-6-14-32(33)42(34)29-20-23-41-36(26-29)31-13-9-11-17-40(31)45(41,4)5;1-26-17-20-33-36(23-26)42(27-18-21-38-34(24-27)29-11-7-9-15-37(29)43(38,2)3)32-14-6-5-13-31(32)41(33)28-19-22-40-35(25-28)30-12-8-10-16-39(30)44(40)4;1-25-18-20-31-33(22-25)38(27-19-21-36-32(23-27)28-13-9-11-17-35(28)41(36,4)5)29-14-7-8-15-30(29)39(31)37-24-26-12-6-10-16-34(26)40(37,2)3/h6-26H,1-5H3;5-25H,1-4H3;6-24H,1-5H3. The third kappa shape index (κ3) is 11.6. The van der Waals surface area contributed by atoms with Crippen molar-refractivity contribution in [3.8, 4) is 100 Å². The molecule has 21 aromatic rings. The Bertz CT molecular complexity index is 8550. The van der Waals surface area contributed by atoms with Crippen LogP contribution in [0.15, 0.2) is 364 Å². The Morgan fingerprint density at radius 2 is 0.508 bits per heavy atom. The molecular weight excluding hydrogens is 1580 g/mol. The van der Waals surface area contributed by atoms with Crippen LogP contribution in [0.4, 0.5) is 0 Å². The number of allylic oxidation sites excluding steroid dienone is 1. The van der Waals surface area contributed by atoms with Crippen molar-refractivity contribution in [2.45, 2.75) is 111 Å². The molecule has 0 amide bonds. The summed E-state index contributed by atoms with van der Waals surface area (Å²) in [5.41, 5.74) is 44.4. The van der Waals surface area contributed by atoms with Crippen LogP contribution >= 0.6 is 0 Å². The Morgan fingerprint density at radius 1 is 0.208 bits per heavy atom. The average molecular weight is 1680 g/mol. The van der Waals surface area contributed by atoms with Crippen LogP contribution in [0.1, 0.15) is 122 Å². The van der Waals surface area contributed by atoms with Crippen LogP contribution in [0, 0.1) is 20.8 Å². The number of aryl methyl sites for hydroxylation is 4. The lowest BCUT2D eigenvalue weighted by molar-refractivity contribution is 0.660. The highest BCUT2D eigenvalue weighted by Gasteiger charge is 2.42. The minimum atomic E-state index is -1.72. The normalized spacial score (nSPS) is 14.9. The average Bonchev–Trinajstić information content (AvgIpc) is 1.34. The van der Waals surface area contributed by atoms with E-state index in [-0.39, 0.29) is 21.7 Å². The van der Waals surface area contributed by atoms with Gasteiger partial charge in [-0.05, 0) is 300 Å². The Morgan fingerprint density at radius 3 is 0.946 bits per heavy atom. The Hall–Kier alpha value is -14.3. The van der Waals surface area contributed by atoms with Gasteiger partial charge in [-0.1, -0.05) is 407 Å². The molecule has 0 atom stereocenters. The van der Waals surface area contributed by atoms with Gasteiger partial charge in [0.15, 0.2) is 0 Å². The van der Waals surface area contributed by atoms with Crippen LogP contribution in [-0.4, -0.2) is 12.6 Å². The number of aromatic nitrogens is 1. The lowest BCUT2D eigenvalue weighted by atomic mass is 9.75. The van der Waals surface area contributed by atoms with Crippen molar-refractivity contribution in [3.05, 3.63) is 431 Å². The van der Waals surface area contributed by atoms with Crippen LogP contribution in [0.25, 0.3) is 198 Å². The Balaban J connectivity index is 0.000000108. The molecule has 4 aliphatic carbocycles. The van der Waals surface area contributed by atoms with Gasteiger partial charge in [-0.15, -0.1) is 0 Å². The molecule has 0 unspecified atom stereocenters. The maximum Gasteiger partial charge on any atom is 0.113 e. The zero-order valence-corrected chi connectivity index (χ0v) is 77.7. The molecule has 1 nitrogen and oxygen atoms in total. The summed E-state index contributed by atoms with van der Waals surface area (Å²) in [6, 6.07) is 138. The van der Waals surface area contributed by atoms with Gasteiger partial charge in [0.05, 0.1) is 0 Å². The summed E-state index contributed by atoms with van der Waals surface area (Å²) < 4.78 is 2.31. The second-order valence-corrected chi connectivity index (χ2v) is 44.7. The van der Waals surface area contributed by atoms with Gasteiger partial charge in [0.2, 0.25) is 0 Å². The van der Waals surface area contributed by atoms with E-state index < -0.39 is 8.07 Å². The molecule has 26 rings (SSSR count). The first-order valence-corrected chi connectivity index (χ1v) is 49.6. The molecule has 5 aliphatic rings. The van der Waals surface area contributed by atoms with E-state index >= 15 is 0 Å². The molecule has 0 fully saturated rings. The molecule has 0 spiro atoms. The van der Waals surface area contributed by atoms with Gasteiger partial charge >= 0.3 is 0 Å². The van der Waals surface area contributed by atoms with E-state index in [1.54, 1.807) is 10.4 Å². The summed E-state index contributed by atoms with van der Waals surface area (Å²) in [4.78, 5) is 0. The molecule has 2 heteroatoms. The lowest BCUT2D eigenvalue weighted by Gasteiger charge is -2.28. The predicted octanol–water partition coefficient (Wildman–Crippen LogP) is 33.4. The fraction of sp³-hybridized carbons (Fsp3) is 0.141. The van der Waals surface area contributed by atoms with Gasteiger partial charge < -0.3 is 4.57 Å². The zero-order valence-electron chi connectivity index (χ0n) is 76.7. The molecule has 0 N–H and O–H groups in total. The Kier molecular flexibility index (Phi) is 17.6. The quantitative estimate of drug-likeness (QED) is 0.116. The van der Waals surface area contributed by atoms with Crippen LogP contribution in [0.3, 0.4) is 0 Å². The maximum absolute atomic E-state index is 2.50. The van der Waals surface area contributed by atoms with Gasteiger partial charge in [0.1, 0.15) is 8.07 Å². The molecule has 130 heavy (non-hydrogen) atoms. The summed E-state index contributed by atoms with van der Waals surface area (Å²) >= 11 is 0. The summed E-state index contributed by atoms with van der Waals surface area (Å²) in [5.74, 6) is 0. The van der Waals surface area contributed by atoms with E-state index in [1.165, 1.54) is 259 Å². The summed E-state index contributed by atoms with van der Waals surface area (Å²) in [6.45, 7) is 30.5. The molecule has 624 valence electrons. The van der Waals surface area contributed by atoms with E-state index in [0.29, 0.717) is 0 Å². The van der Waals surface area contributed by atoms with Crippen LogP contribution in [0.2, 0.25) is 13.1 Å². The van der Waals surface area contributed by atoms with Crippen molar-refractivity contribution in [1.82, 2.24) is 4.57 Å². The predicted molar refractivity (Wildman–Crippen MR) is 562 cm³/mol. The van der Waals surface area contributed by atoms with Crippen molar-refractivity contribution in [2.75, 3.05) is 0 Å². The molecular formula is C128H103NSi. The highest BCUT2D eigenvalue weighted by molar-refractivity contribution is 7.03. The molecule has 1 aromatic heterocycles. The minimum Gasteiger partial charge on any atom is -0.344 e. The maximum atomic E-state index is 2.50. The highest BCUT2D eigenvalue weighted by Crippen LogP contribution is 2.58.